The number of imidazole rings is 1. The Balaban J connectivity index is 2.84. The molecule has 0 aliphatic carbocycles. The summed E-state index contributed by atoms with van der Waals surface area (Å²) < 4.78 is 2.24. The highest BCUT2D eigenvalue weighted by atomic mass is 79.9. The van der Waals surface area contributed by atoms with E-state index in [1.165, 1.54) is 4.40 Å². The van der Waals surface area contributed by atoms with Crippen LogP contribution in [0.25, 0.3) is 5.52 Å². The Hall–Kier alpha value is -1.63. The van der Waals surface area contributed by atoms with Crippen molar-refractivity contribution in [2.24, 2.45) is 0 Å². The van der Waals surface area contributed by atoms with Gasteiger partial charge in [0.05, 0.1) is 0 Å². The van der Waals surface area contributed by atoms with Crippen molar-refractivity contribution in [1.82, 2.24) is 9.38 Å². The molecule has 0 bridgehead atoms. The minimum atomic E-state index is -0.556. The van der Waals surface area contributed by atoms with Crippen LogP contribution in [0, 0.1) is 10.1 Å². The lowest BCUT2D eigenvalue weighted by atomic mass is 10.4. The topological polar surface area (TPSA) is 86.5 Å². The normalized spacial score (nSPS) is 10.6. The van der Waals surface area contributed by atoms with Crippen molar-refractivity contribution in [3.63, 3.8) is 0 Å². The summed E-state index contributed by atoms with van der Waals surface area (Å²) in [6.07, 6.45) is 1.63. The quantitative estimate of drug-likeness (QED) is 0.620. The second-order valence-corrected chi connectivity index (χ2v) is 3.57. The number of halogens is 1. The van der Waals surface area contributed by atoms with Crippen LogP contribution < -0.4 is 5.73 Å². The number of hydrogen-bond donors (Lipinski definition) is 1. The highest BCUT2D eigenvalue weighted by Crippen LogP contribution is 2.23. The first kappa shape index (κ1) is 8.95. The zero-order chi connectivity index (χ0) is 10.3. The molecule has 2 rings (SSSR count). The number of nitrogen functional groups attached to an aromatic ring is 1. The molecule has 2 aromatic rings. The van der Waals surface area contributed by atoms with Crippen molar-refractivity contribution >= 4 is 33.2 Å². The second-order valence-electron chi connectivity index (χ2n) is 2.65. The fourth-order valence-corrected chi connectivity index (χ4v) is 1.54. The largest absolute Gasteiger partial charge is 0.391 e. The summed E-state index contributed by atoms with van der Waals surface area (Å²) in [5.74, 6) is -0.122. The third kappa shape index (κ3) is 1.22. The number of pyridine rings is 1. The molecule has 14 heavy (non-hydrogen) atoms. The lowest BCUT2D eigenvalue weighted by molar-refractivity contribution is -0.387. The highest BCUT2D eigenvalue weighted by Gasteiger charge is 2.19. The van der Waals surface area contributed by atoms with E-state index in [4.69, 9.17) is 5.73 Å². The van der Waals surface area contributed by atoms with Crippen LogP contribution in [-0.4, -0.2) is 14.3 Å². The van der Waals surface area contributed by atoms with Crippen LogP contribution in [0.5, 0.6) is 0 Å². The number of aromatic nitrogens is 2. The maximum absolute atomic E-state index is 10.6. The number of fused-ring (bicyclic) bond motifs is 1. The van der Waals surface area contributed by atoms with Crippen LogP contribution >= 0.6 is 15.9 Å². The van der Waals surface area contributed by atoms with E-state index in [1.54, 1.807) is 18.3 Å². The van der Waals surface area contributed by atoms with Crippen LogP contribution in [0.3, 0.4) is 0 Å². The molecule has 0 saturated heterocycles. The standard InChI is InChI=1S/C7H5BrN4O2/c8-4-1-2-5-6(12(13)14)10-7(9)11(5)3-4/h1-3H,(H2,9,10). The minimum absolute atomic E-state index is 0.105. The Bertz CT molecular complexity index is 522. The maximum atomic E-state index is 10.6. The van der Waals surface area contributed by atoms with Crippen LogP contribution in [-0.2, 0) is 0 Å². The van der Waals surface area contributed by atoms with E-state index in [0.717, 1.165) is 4.47 Å². The predicted molar refractivity (Wildman–Crippen MR) is 54.0 cm³/mol. The molecule has 72 valence electrons. The van der Waals surface area contributed by atoms with Crippen molar-refractivity contribution in [2.75, 3.05) is 5.73 Å². The number of nitrogens with two attached hydrogens (primary N) is 1. The monoisotopic (exact) mass is 256 g/mol. The van der Waals surface area contributed by atoms with E-state index in [2.05, 4.69) is 20.9 Å². The van der Waals surface area contributed by atoms with Gasteiger partial charge in [0.25, 0.3) is 0 Å². The first-order valence-electron chi connectivity index (χ1n) is 3.67. The van der Waals surface area contributed by atoms with Gasteiger partial charge in [0, 0.05) is 15.7 Å². The van der Waals surface area contributed by atoms with E-state index in [1.807, 2.05) is 0 Å². The van der Waals surface area contributed by atoms with Gasteiger partial charge < -0.3 is 15.8 Å². The van der Waals surface area contributed by atoms with Gasteiger partial charge in [-0.1, -0.05) is 0 Å². The summed E-state index contributed by atoms with van der Waals surface area (Å²) in [6.45, 7) is 0. The van der Waals surface area contributed by atoms with Crippen LogP contribution in [0.15, 0.2) is 22.8 Å². The van der Waals surface area contributed by atoms with Crippen molar-refractivity contribution in [1.29, 1.82) is 0 Å². The molecule has 7 heteroatoms. The molecular weight excluding hydrogens is 252 g/mol. The number of nitrogens with zero attached hydrogens (tertiary/aromatic N) is 3. The molecule has 0 saturated carbocycles. The average Bonchev–Trinajstić information content (AvgIpc) is 2.44. The molecule has 0 fully saturated rings. The molecule has 2 N–H and O–H groups in total. The van der Waals surface area contributed by atoms with Gasteiger partial charge in [0.1, 0.15) is 5.52 Å². The predicted octanol–water partition coefficient (Wildman–Crippen LogP) is 1.59. The number of anilines is 1. The number of rotatable bonds is 1. The van der Waals surface area contributed by atoms with E-state index in [-0.39, 0.29) is 11.8 Å². The molecule has 0 aliphatic rings. The van der Waals surface area contributed by atoms with Gasteiger partial charge in [0.15, 0.2) is 0 Å². The summed E-state index contributed by atoms with van der Waals surface area (Å²) in [5.41, 5.74) is 5.90. The summed E-state index contributed by atoms with van der Waals surface area (Å²) in [5, 5.41) is 10.6. The van der Waals surface area contributed by atoms with E-state index < -0.39 is 4.92 Å². The van der Waals surface area contributed by atoms with E-state index >= 15 is 0 Å². The fraction of sp³-hybridized carbons (Fsp3) is 0. The van der Waals surface area contributed by atoms with Crippen molar-refractivity contribution in [3.8, 4) is 0 Å². The Morgan fingerprint density at radius 1 is 1.57 bits per heavy atom. The second kappa shape index (κ2) is 2.95. The zero-order valence-electron chi connectivity index (χ0n) is 6.85. The minimum Gasteiger partial charge on any atom is -0.358 e. The molecule has 2 aromatic heterocycles. The fourth-order valence-electron chi connectivity index (χ4n) is 1.20. The van der Waals surface area contributed by atoms with E-state index in [0.29, 0.717) is 5.52 Å². The Labute approximate surface area is 86.6 Å². The Morgan fingerprint density at radius 2 is 2.29 bits per heavy atom. The molecular formula is C7H5BrN4O2. The van der Waals surface area contributed by atoms with Gasteiger partial charge in [-0.05, 0) is 33.0 Å². The SMILES string of the molecule is Nc1nc([N+](=O)[O-])c2ccc(Br)cn12. The molecule has 0 amide bonds. The first-order valence-corrected chi connectivity index (χ1v) is 4.46. The van der Waals surface area contributed by atoms with Gasteiger partial charge in [-0.2, -0.15) is 0 Å². The third-order valence-corrected chi connectivity index (χ3v) is 2.25. The molecule has 0 unspecified atom stereocenters. The highest BCUT2D eigenvalue weighted by molar-refractivity contribution is 9.10. The molecule has 0 atom stereocenters. The average molecular weight is 257 g/mol. The van der Waals surface area contributed by atoms with Gasteiger partial charge in [-0.25, -0.2) is 0 Å². The molecule has 0 aliphatic heterocycles. The number of hydrogen-bond acceptors (Lipinski definition) is 4. The summed E-state index contributed by atoms with van der Waals surface area (Å²) in [6, 6.07) is 3.29. The first-order chi connectivity index (χ1) is 6.59. The maximum Gasteiger partial charge on any atom is 0.391 e. The molecule has 0 radical (unpaired) electrons. The van der Waals surface area contributed by atoms with Crippen LogP contribution in [0.1, 0.15) is 0 Å². The van der Waals surface area contributed by atoms with Gasteiger partial charge >= 0.3 is 11.8 Å². The molecule has 6 nitrogen and oxygen atoms in total. The zero-order valence-corrected chi connectivity index (χ0v) is 8.43. The molecule has 0 aromatic carbocycles. The lowest BCUT2D eigenvalue weighted by Gasteiger charge is -1.94. The number of nitro groups is 1. The van der Waals surface area contributed by atoms with Crippen molar-refractivity contribution < 1.29 is 4.92 Å². The smallest absolute Gasteiger partial charge is 0.358 e. The van der Waals surface area contributed by atoms with Crippen molar-refractivity contribution in [2.45, 2.75) is 0 Å². The van der Waals surface area contributed by atoms with Crippen LogP contribution in [0.2, 0.25) is 0 Å². The molecule has 2 heterocycles. The Kier molecular flexibility index (Phi) is 1.88. The summed E-state index contributed by atoms with van der Waals surface area (Å²) >= 11 is 3.24. The van der Waals surface area contributed by atoms with Gasteiger partial charge in [0.2, 0.25) is 0 Å². The van der Waals surface area contributed by atoms with Crippen LogP contribution in [0.4, 0.5) is 11.8 Å². The van der Waals surface area contributed by atoms with Crippen molar-refractivity contribution in [3.05, 3.63) is 32.9 Å². The van der Waals surface area contributed by atoms with Gasteiger partial charge in [-0.15, -0.1) is 0 Å². The molecule has 0 spiro atoms. The summed E-state index contributed by atoms with van der Waals surface area (Å²) in [4.78, 5) is 13.7. The Morgan fingerprint density at radius 3 is 2.93 bits per heavy atom. The lowest BCUT2D eigenvalue weighted by Crippen LogP contribution is -1.92. The third-order valence-electron chi connectivity index (χ3n) is 1.78. The van der Waals surface area contributed by atoms with Gasteiger partial charge in [-0.3, -0.25) is 4.40 Å². The van der Waals surface area contributed by atoms with E-state index in [9.17, 15) is 10.1 Å². The summed E-state index contributed by atoms with van der Waals surface area (Å²) in [7, 11) is 0.